The summed E-state index contributed by atoms with van der Waals surface area (Å²) in [5, 5.41) is 3.28. The zero-order valence-electron chi connectivity index (χ0n) is 9.71. The van der Waals surface area contributed by atoms with Crippen molar-refractivity contribution in [2.75, 3.05) is 13.7 Å². The van der Waals surface area contributed by atoms with E-state index in [0.717, 1.165) is 0 Å². The summed E-state index contributed by atoms with van der Waals surface area (Å²) in [6.45, 7) is 3.48. The fourth-order valence-electron chi connectivity index (χ4n) is 1.26. The highest BCUT2D eigenvalue weighted by Crippen LogP contribution is 2.31. The van der Waals surface area contributed by atoms with Gasteiger partial charge in [0.05, 0.1) is 6.61 Å². The molecule has 0 aliphatic heterocycles. The normalized spacial score (nSPS) is 16.2. The molecule has 1 unspecified atom stereocenters. The summed E-state index contributed by atoms with van der Waals surface area (Å²) >= 11 is 0. The Labute approximate surface area is 96.1 Å². The summed E-state index contributed by atoms with van der Waals surface area (Å²) in [5.74, 6) is -1.82. The summed E-state index contributed by atoms with van der Waals surface area (Å²) in [4.78, 5) is 3.29. The highest BCUT2D eigenvalue weighted by Gasteiger charge is 2.43. The van der Waals surface area contributed by atoms with Crippen molar-refractivity contribution < 1.29 is 22.4 Å². The molecule has 5 nitrogen and oxygen atoms in total. The van der Waals surface area contributed by atoms with Crippen LogP contribution in [0.25, 0.3) is 0 Å². The molecular weight excluding hydrogens is 239 g/mol. The molecule has 1 atom stereocenters. The third-order valence-electron chi connectivity index (χ3n) is 2.50. The average Bonchev–Trinajstić information content (AvgIpc) is 2.65. The van der Waals surface area contributed by atoms with Crippen molar-refractivity contribution in [3.05, 3.63) is 11.7 Å². The molecule has 0 amide bonds. The van der Waals surface area contributed by atoms with Gasteiger partial charge in [0.2, 0.25) is 0 Å². The van der Waals surface area contributed by atoms with Gasteiger partial charge in [-0.3, -0.25) is 0 Å². The summed E-state index contributed by atoms with van der Waals surface area (Å²) in [5.41, 5.74) is 4.75. The van der Waals surface area contributed by atoms with Gasteiger partial charge in [-0.1, -0.05) is 19.0 Å². The molecule has 0 spiro atoms. The van der Waals surface area contributed by atoms with E-state index < -0.39 is 17.6 Å². The number of rotatable bonds is 4. The molecule has 8 heteroatoms. The molecule has 0 bridgehead atoms. The molecule has 17 heavy (non-hydrogen) atoms. The van der Waals surface area contributed by atoms with Gasteiger partial charge < -0.3 is 15.0 Å². The van der Waals surface area contributed by atoms with Crippen LogP contribution in [0.15, 0.2) is 4.52 Å². The lowest BCUT2D eigenvalue weighted by molar-refractivity contribution is -0.159. The Hall–Kier alpha value is -1.15. The van der Waals surface area contributed by atoms with Gasteiger partial charge >= 0.3 is 12.1 Å². The van der Waals surface area contributed by atoms with Crippen LogP contribution in [0, 0.1) is 5.92 Å². The van der Waals surface area contributed by atoms with Crippen LogP contribution in [0.5, 0.6) is 0 Å². The predicted octanol–water partition coefficient (Wildman–Crippen LogP) is 1.54. The highest BCUT2D eigenvalue weighted by molar-refractivity contribution is 5.06. The van der Waals surface area contributed by atoms with Crippen molar-refractivity contribution in [1.29, 1.82) is 0 Å². The summed E-state index contributed by atoms with van der Waals surface area (Å²) in [6, 6.07) is 0. The Morgan fingerprint density at radius 1 is 1.41 bits per heavy atom. The summed E-state index contributed by atoms with van der Waals surface area (Å²) < 4.78 is 46.0. The monoisotopic (exact) mass is 253 g/mol. The smallest absolute Gasteiger partial charge is 0.382 e. The van der Waals surface area contributed by atoms with Gasteiger partial charge in [-0.15, -0.1) is 0 Å². The van der Waals surface area contributed by atoms with Crippen molar-refractivity contribution in [3.8, 4) is 0 Å². The second-order valence-electron chi connectivity index (χ2n) is 4.05. The molecule has 98 valence electrons. The lowest BCUT2D eigenvalue weighted by atomic mass is 9.87. The van der Waals surface area contributed by atoms with Crippen molar-refractivity contribution in [2.45, 2.75) is 25.6 Å². The Balaban J connectivity index is 3.09. The van der Waals surface area contributed by atoms with E-state index in [1.54, 1.807) is 13.8 Å². The van der Waals surface area contributed by atoms with Gasteiger partial charge in [0, 0.05) is 7.11 Å². The van der Waals surface area contributed by atoms with E-state index in [1.807, 2.05) is 0 Å². The molecule has 1 rings (SSSR count). The predicted molar refractivity (Wildman–Crippen MR) is 51.9 cm³/mol. The van der Waals surface area contributed by atoms with E-state index in [-0.39, 0.29) is 18.3 Å². The van der Waals surface area contributed by atoms with E-state index >= 15 is 0 Å². The maximum atomic E-state index is 12.3. The number of hydrogen-bond acceptors (Lipinski definition) is 5. The Kier molecular flexibility index (Phi) is 3.78. The van der Waals surface area contributed by atoms with E-state index in [1.165, 1.54) is 7.11 Å². The summed E-state index contributed by atoms with van der Waals surface area (Å²) in [7, 11) is 1.40. The van der Waals surface area contributed by atoms with Crippen molar-refractivity contribution >= 4 is 0 Å². The lowest BCUT2D eigenvalue weighted by Crippen LogP contribution is -2.47. The summed E-state index contributed by atoms with van der Waals surface area (Å²) in [6.07, 6.45) is -4.67. The van der Waals surface area contributed by atoms with Crippen molar-refractivity contribution in [1.82, 2.24) is 10.1 Å². The van der Waals surface area contributed by atoms with Crippen LogP contribution < -0.4 is 5.73 Å². The first-order chi connectivity index (χ1) is 7.71. The number of hydrogen-bond donors (Lipinski definition) is 1. The Bertz CT molecular complexity index is 378. The highest BCUT2D eigenvalue weighted by atomic mass is 19.4. The van der Waals surface area contributed by atoms with E-state index in [2.05, 4.69) is 14.7 Å². The third kappa shape index (κ3) is 2.75. The number of alkyl halides is 3. The molecule has 0 radical (unpaired) electrons. The molecule has 0 saturated carbocycles. The van der Waals surface area contributed by atoms with E-state index in [0.29, 0.717) is 0 Å². The minimum Gasteiger partial charge on any atom is -0.382 e. The molecule has 1 heterocycles. The number of nitrogens with zero attached hydrogens (tertiary/aromatic N) is 2. The van der Waals surface area contributed by atoms with Crippen LogP contribution in [0.4, 0.5) is 13.2 Å². The first-order valence-corrected chi connectivity index (χ1v) is 4.91. The SMILES string of the molecule is COCC(N)(c1noc(C(F)(F)F)n1)C(C)C. The number of methoxy groups -OCH3 is 1. The van der Waals surface area contributed by atoms with Crippen molar-refractivity contribution in [3.63, 3.8) is 0 Å². The minimum atomic E-state index is -4.67. The largest absolute Gasteiger partial charge is 0.471 e. The molecule has 1 aromatic heterocycles. The van der Waals surface area contributed by atoms with E-state index in [9.17, 15) is 13.2 Å². The molecule has 0 saturated heterocycles. The Morgan fingerprint density at radius 2 is 2.00 bits per heavy atom. The van der Waals surface area contributed by atoms with Crippen LogP contribution in [-0.4, -0.2) is 23.9 Å². The number of nitrogens with two attached hydrogens (primary N) is 1. The van der Waals surface area contributed by atoms with Gasteiger partial charge in [-0.05, 0) is 5.92 Å². The average molecular weight is 253 g/mol. The Morgan fingerprint density at radius 3 is 2.35 bits per heavy atom. The number of halogens is 3. The second-order valence-corrected chi connectivity index (χ2v) is 4.05. The van der Waals surface area contributed by atoms with Crippen LogP contribution in [0.1, 0.15) is 25.6 Å². The van der Waals surface area contributed by atoms with E-state index in [4.69, 9.17) is 10.5 Å². The molecular formula is C9H14F3N3O2. The maximum Gasteiger partial charge on any atom is 0.471 e. The number of aromatic nitrogens is 2. The number of ether oxygens (including phenoxy) is 1. The molecule has 0 aliphatic carbocycles. The lowest BCUT2D eigenvalue weighted by Gasteiger charge is -2.29. The van der Waals surface area contributed by atoms with Gasteiger partial charge in [-0.2, -0.15) is 18.2 Å². The van der Waals surface area contributed by atoms with Gasteiger partial charge in [-0.25, -0.2) is 0 Å². The zero-order valence-corrected chi connectivity index (χ0v) is 9.71. The first kappa shape index (κ1) is 13.9. The van der Waals surface area contributed by atoms with Crippen LogP contribution in [0.2, 0.25) is 0 Å². The third-order valence-corrected chi connectivity index (χ3v) is 2.50. The standard InChI is InChI=1S/C9H14F3N3O2/c1-5(2)8(13,4-16-3)6-14-7(17-15-6)9(10,11)12/h5H,4,13H2,1-3H3. The first-order valence-electron chi connectivity index (χ1n) is 4.91. The zero-order chi connectivity index (χ0) is 13.3. The fraction of sp³-hybridized carbons (Fsp3) is 0.778. The van der Waals surface area contributed by atoms with Crippen molar-refractivity contribution in [2.24, 2.45) is 11.7 Å². The fourth-order valence-corrected chi connectivity index (χ4v) is 1.26. The molecule has 0 aromatic carbocycles. The molecule has 0 aliphatic rings. The molecule has 0 fully saturated rings. The topological polar surface area (TPSA) is 74.2 Å². The maximum absolute atomic E-state index is 12.3. The van der Waals surface area contributed by atoms with Gasteiger partial charge in [0.25, 0.3) is 0 Å². The van der Waals surface area contributed by atoms with Crippen LogP contribution >= 0.6 is 0 Å². The minimum absolute atomic E-state index is 0.00149. The van der Waals surface area contributed by atoms with Gasteiger partial charge in [0.1, 0.15) is 5.54 Å². The second kappa shape index (κ2) is 4.61. The molecule has 2 N–H and O–H groups in total. The van der Waals surface area contributed by atoms with Gasteiger partial charge in [0.15, 0.2) is 5.82 Å². The van der Waals surface area contributed by atoms with Crippen LogP contribution in [-0.2, 0) is 16.5 Å². The quantitative estimate of drug-likeness (QED) is 0.881. The van der Waals surface area contributed by atoms with Crippen LogP contribution in [0.3, 0.4) is 0 Å². The molecule has 1 aromatic rings.